The Morgan fingerprint density at radius 2 is 1.45 bits per heavy atom. The third-order valence-corrected chi connectivity index (χ3v) is 9.32. The van der Waals surface area contributed by atoms with E-state index in [9.17, 15) is 13.2 Å². The molecule has 1 aliphatic heterocycles. The van der Waals surface area contributed by atoms with Gasteiger partial charge < -0.3 is 14.8 Å². The van der Waals surface area contributed by atoms with E-state index in [0.29, 0.717) is 42.9 Å². The van der Waals surface area contributed by atoms with Gasteiger partial charge in [-0.05, 0) is 49.9 Å². The minimum absolute atomic E-state index is 0.192. The van der Waals surface area contributed by atoms with Crippen LogP contribution in [0.3, 0.4) is 0 Å². The standard InChI is InChI=1S/C24H27NO5S/c26-22(23(13-7-8-14-23)31(27,28)19-9-3-1-4-10-19)25-18-11-12-20-21(17-18)30-24(29-20)15-5-2-6-16-24/h1,3-4,9-12,17H,2,5-8,13-16H2,(H,25,26). The summed E-state index contributed by atoms with van der Waals surface area (Å²) in [5, 5.41) is 2.87. The molecule has 0 saturated heterocycles. The molecule has 6 nitrogen and oxygen atoms in total. The van der Waals surface area contributed by atoms with E-state index < -0.39 is 26.3 Å². The molecule has 2 saturated carbocycles. The molecule has 0 atom stereocenters. The molecule has 1 N–H and O–H groups in total. The highest BCUT2D eigenvalue weighted by Gasteiger charge is 2.53. The van der Waals surface area contributed by atoms with E-state index in [4.69, 9.17) is 9.47 Å². The Kier molecular flexibility index (Phi) is 4.96. The van der Waals surface area contributed by atoms with Crippen LogP contribution < -0.4 is 14.8 Å². The average molecular weight is 442 g/mol. The third kappa shape index (κ3) is 3.39. The van der Waals surface area contributed by atoms with Crippen LogP contribution in [0.2, 0.25) is 0 Å². The number of sulfone groups is 1. The highest BCUT2D eigenvalue weighted by molar-refractivity contribution is 7.93. The molecule has 7 heteroatoms. The number of fused-ring (bicyclic) bond motifs is 1. The Morgan fingerprint density at radius 1 is 0.806 bits per heavy atom. The fourth-order valence-electron chi connectivity index (χ4n) is 5.10. The molecule has 31 heavy (non-hydrogen) atoms. The van der Waals surface area contributed by atoms with Crippen LogP contribution in [-0.2, 0) is 14.6 Å². The topological polar surface area (TPSA) is 81.7 Å². The summed E-state index contributed by atoms with van der Waals surface area (Å²) in [6, 6.07) is 13.6. The normalized spacial score (nSPS) is 21.2. The molecule has 3 aliphatic rings. The number of amides is 1. The molecule has 2 aliphatic carbocycles. The lowest BCUT2D eigenvalue weighted by Crippen LogP contribution is -2.47. The fourth-order valence-corrected chi connectivity index (χ4v) is 7.19. The quantitative estimate of drug-likeness (QED) is 0.734. The Morgan fingerprint density at radius 3 is 2.16 bits per heavy atom. The minimum atomic E-state index is -3.82. The first-order valence-electron chi connectivity index (χ1n) is 11.1. The molecule has 1 amide bonds. The van der Waals surface area contributed by atoms with Crippen LogP contribution in [0.1, 0.15) is 57.8 Å². The molecule has 0 bridgehead atoms. The van der Waals surface area contributed by atoms with Crippen LogP contribution in [0.25, 0.3) is 0 Å². The molecule has 5 rings (SSSR count). The second-order valence-corrected chi connectivity index (χ2v) is 11.1. The van der Waals surface area contributed by atoms with Crippen LogP contribution in [-0.4, -0.2) is 24.9 Å². The average Bonchev–Trinajstić information content (AvgIpc) is 3.41. The Hall–Kier alpha value is -2.54. The van der Waals surface area contributed by atoms with E-state index >= 15 is 0 Å². The van der Waals surface area contributed by atoms with Gasteiger partial charge in [0.25, 0.3) is 5.79 Å². The molecule has 0 unspecified atom stereocenters. The first kappa shape index (κ1) is 20.4. The summed E-state index contributed by atoms with van der Waals surface area (Å²) in [5.41, 5.74) is 0.523. The van der Waals surface area contributed by atoms with Gasteiger partial charge in [0.2, 0.25) is 5.91 Å². The molecule has 1 spiro atoms. The lowest BCUT2D eigenvalue weighted by Gasteiger charge is -2.31. The van der Waals surface area contributed by atoms with Crippen molar-refractivity contribution in [2.75, 3.05) is 5.32 Å². The summed E-state index contributed by atoms with van der Waals surface area (Å²) >= 11 is 0. The van der Waals surface area contributed by atoms with E-state index in [1.54, 1.807) is 48.5 Å². The number of carbonyl (C=O) groups excluding carboxylic acids is 1. The Bertz CT molecular complexity index is 1080. The Labute approximate surface area is 182 Å². The van der Waals surface area contributed by atoms with Crippen molar-refractivity contribution in [2.45, 2.75) is 73.2 Å². The van der Waals surface area contributed by atoms with Gasteiger partial charge in [-0.3, -0.25) is 4.79 Å². The van der Waals surface area contributed by atoms with Gasteiger partial charge in [0.15, 0.2) is 26.1 Å². The summed E-state index contributed by atoms with van der Waals surface area (Å²) in [4.78, 5) is 13.6. The van der Waals surface area contributed by atoms with Crippen molar-refractivity contribution >= 4 is 21.4 Å². The highest BCUT2D eigenvalue weighted by Crippen LogP contribution is 2.47. The van der Waals surface area contributed by atoms with Crippen LogP contribution >= 0.6 is 0 Å². The van der Waals surface area contributed by atoms with E-state index in [-0.39, 0.29) is 4.90 Å². The summed E-state index contributed by atoms with van der Waals surface area (Å²) in [6.07, 6.45) is 7.09. The van der Waals surface area contributed by atoms with Gasteiger partial charge in [-0.1, -0.05) is 37.5 Å². The second kappa shape index (κ2) is 7.55. The zero-order valence-electron chi connectivity index (χ0n) is 17.4. The number of benzene rings is 2. The van der Waals surface area contributed by atoms with Crippen molar-refractivity contribution in [3.63, 3.8) is 0 Å². The van der Waals surface area contributed by atoms with Crippen LogP contribution in [0.4, 0.5) is 5.69 Å². The van der Waals surface area contributed by atoms with Gasteiger partial charge >= 0.3 is 0 Å². The second-order valence-electron chi connectivity index (χ2n) is 8.81. The maximum atomic E-state index is 13.5. The van der Waals surface area contributed by atoms with Gasteiger partial charge in [0.05, 0.1) is 4.90 Å². The maximum absolute atomic E-state index is 13.5. The van der Waals surface area contributed by atoms with Crippen molar-refractivity contribution in [3.05, 3.63) is 48.5 Å². The Balaban J connectivity index is 1.40. The number of carbonyl (C=O) groups is 1. The summed E-state index contributed by atoms with van der Waals surface area (Å²) in [7, 11) is -3.82. The van der Waals surface area contributed by atoms with Gasteiger partial charge in [-0.25, -0.2) is 8.42 Å². The molecule has 0 radical (unpaired) electrons. The number of anilines is 1. The van der Waals surface area contributed by atoms with Crippen LogP contribution in [0, 0.1) is 0 Å². The van der Waals surface area contributed by atoms with Crippen molar-refractivity contribution < 1.29 is 22.7 Å². The lowest BCUT2D eigenvalue weighted by molar-refractivity contribution is -0.118. The predicted octanol–water partition coefficient (Wildman–Crippen LogP) is 4.84. The fraction of sp³-hybridized carbons (Fsp3) is 0.458. The highest BCUT2D eigenvalue weighted by atomic mass is 32.2. The van der Waals surface area contributed by atoms with Gasteiger partial charge in [-0.2, -0.15) is 0 Å². The first-order valence-corrected chi connectivity index (χ1v) is 12.6. The molecule has 164 valence electrons. The number of hydrogen-bond donors (Lipinski definition) is 1. The summed E-state index contributed by atoms with van der Waals surface area (Å²) in [6.45, 7) is 0. The van der Waals surface area contributed by atoms with E-state index in [2.05, 4.69) is 5.32 Å². The number of rotatable bonds is 4. The maximum Gasteiger partial charge on any atom is 0.251 e. The molecule has 2 aromatic rings. The van der Waals surface area contributed by atoms with Crippen molar-refractivity contribution in [2.24, 2.45) is 0 Å². The summed E-state index contributed by atoms with van der Waals surface area (Å²) in [5.74, 6) is 0.213. The monoisotopic (exact) mass is 441 g/mol. The number of hydrogen-bond acceptors (Lipinski definition) is 5. The van der Waals surface area contributed by atoms with Gasteiger partial charge in [0.1, 0.15) is 0 Å². The van der Waals surface area contributed by atoms with Crippen molar-refractivity contribution in [3.8, 4) is 11.5 Å². The first-order chi connectivity index (χ1) is 14.9. The van der Waals surface area contributed by atoms with E-state index in [1.807, 2.05) is 0 Å². The molecular formula is C24H27NO5S. The predicted molar refractivity (Wildman–Crippen MR) is 117 cm³/mol. The number of ether oxygens (including phenoxy) is 2. The van der Waals surface area contributed by atoms with Crippen molar-refractivity contribution in [1.82, 2.24) is 0 Å². The molecule has 0 aromatic heterocycles. The van der Waals surface area contributed by atoms with Crippen LogP contribution in [0.5, 0.6) is 11.5 Å². The zero-order valence-corrected chi connectivity index (χ0v) is 18.2. The van der Waals surface area contributed by atoms with E-state index in [1.165, 1.54) is 6.42 Å². The summed E-state index contributed by atoms with van der Waals surface area (Å²) < 4.78 is 37.7. The van der Waals surface area contributed by atoms with Crippen LogP contribution in [0.15, 0.2) is 53.4 Å². The molecule has 2 fully saturated rings. The lowest BCUT2D eigenvalue weighted by atomic mass is 9.94. The van der Waals surface area contributed by atoms with Gasteiger partial charge in [-0.15, -0.1) is 0 Å². The SMILES string of the molecule is O=C(Nc1ccc2c(c1)OC1(CCCCC1)O2)C1(S(=O)(=O)c2ccccc2)CCCC1. The molecule has 1 heterocycles. The van der Waals surface area contributed by atoms with Crippen molar-refractivity contribution in [1.29, 1.82) is 0 Å². The third-order valence-electron chi connectivity index (χ3n) is 6.80. The molecule has 2 aromatic carbocycles. The largest absolute Gasteiger partial charge is 0.448 e. The zero-order chi connectivity index (χ0) is 21.5. The van der Waals surface area contributed by atoms with E-state index in [0.717, 1.165) is 25.7 Å². The molecular weight excluding hydrogens is 414 g/mol. The smallest absolute Gasteiger partial charge is 0.251 e. The van der Waals surface area contributed by atoms with Gasteiger partial charge in [0, 0.05) is 24.6 Å². The number of nitrogens with one attached hydrogen (secondary N) is 1. The minimum Gasteiger partial charge on any atom is -0.448 e.